The zero-order valence-corrected chi connectivity index (χ0v) is 11.4. The molecule has 2 atom stereocenters. The molecular formula is C13H19ClN2O2. The second kappa shape index (κ2) is 7.24. The molecule has 1 aromatic rings. The summed E-state index contributed by atoms with van der Waals surface area (Å²) in [6.07, 6.45) is -0.562. The van der Waals surface area contributed by atoms with E-state index in [2.05, 4.69) is 5.32 Å². The lowest BCUT2D eigenvalue weighted by Crippen LogP contribution is -2.39. The highest BCUT2D eigenvalue weighted by Crippen LogP contribution is 2.18. The van der Waals surface area contributed by atoms with Crippen LogP contribution >= 0.6 is 11.6 Å². The van der Waals surface area contributed by atoms with Crippen LogP contribution in [0.1, 0.15) is 13.8 Å². The summed E-state index contributed by atoms with van der Waals surface area (Å²) in [5.74, 6) is 0.680. The van der Waals surface area contributed by atoms with E-state index >= 15 is 0 Å². The Morgan fingerprint density at radius 3 is 2.83 bits per heavy atom. The number of benzene rings is 1. The Kier molecular flexibility index (Phi) is 5.95. The van der Waals surface area contributed by atoms with Crippen LogP contribution in [-0.2, 0) is 4.79 Å². The Hall–Kier alpha value is -1.26. The van der Waals surface area contributed by atoms with Crippen molar-refractivity contribution in [3.63, 3.8) is 0 Å². The van der Waals surface area contributed by atoms with E-state index in [1.807, 2.05) is 6.92 Å². The van der Waals surface area contributed by atoms with Gasteiger partial charge in [-0.2, -0.15) is 0 Å². The van der Waals surface area contributed by atoms with Gasteiger partial charge in [-0.05, 0) is 37.6 Å². The summed E-state index contributed by atoms with van der Waals surface area (Å²) >= 11 is 5.83. The molecule has 0 fully saturated rings. The molecule has 0 saturated heterocycles. The molecule has 0 aliphatic heterocycles. The van der Waals surface area contributed by atoms with Gasteiger partial charge >= 0.3 is 0 Å². The molecule has 0 saturated carbocycles. The summed E-state index contributed by atoms with van der Waals surface area (Å²) in [6.45, 7) is 4.77. The molecule has 0 heterocycles. The van der Waals surface area contributed by atoms with Crippen LogP contribution in [0, 0.1) is 5.92 Å². The van der Waals surface area contributed by atoms with Crippen LogP contribution in [0.25, 0.3) is 0 Å². The molecule has 0 aliphatic carbocycles. The minimum absolute atomic E-state index is 0.157. The summed E-state index contributed by atoms with van der Waals surface area (Å²) in [7, 11) is 0. The minimum Gasteiger partial charge on any atom is -0.481 e. The topological polar surface area (TPSA) is 64.3 Å². The predicted octanol–water partition coefficient (Wildman–Crippen LogP) is 1.82. The van der Waals surface area contributed by atoms with E-state index in [1.165, 1.54) is 0 Å². The van der Waals surface area contributed by atoms with Crippen LogP contribution < -0.4 is 15.8 Å². The van der Waals surface area contributed by atoms with Crippen molar-refractivity contribution < 1.29 is 9.53 Å². The van der Waals surface area contributed by atoms with Crippen molar-refractivity contribution in [1.29, 1.82) is 0 Å². The van der Waals surface area contributed by atoms with Gasteiger partial charge in [0.25, 0.3) is 5.91 Å². The van der Waals surface area contributed by atoms with Crippen molar-refractivity contribution in [2.75, 3.05) is 13.1 Å². The maximum Gasteiger partial charge on any atom is 0.260 e. The van der Waals surface area contributed by atoms with E-state index in [0.29, 0.717) is 23.9 Å². The summed E-state index contributed by atoms with van der Waals surface area (Å²) in [6, 6.07) is 6.97. The van der Waals surface area contributed by atoms with Crippen LogP contribution in [0.5, 0.6) is 5.75 Å². The highest BCUT2D eigenvalue weighted by molar-refractivity contribution is 6.30. The van der Waals surface area contributed by atoms with Gasteiger partial charge in [0.15, 0.2) is 6.10 Å². The summed E-state index contributed by atoms with van der Waals surface area (Å²) < 4.78 is 5.50. The molecule has 0 aliphatic rings. The summed E-state index contributed by atoms with van der Waals surface area (Å²) in [5, 5.41) is 3.37. The first-order valence-electron chi connectivity index (χ1n) is 5.93. The molecule has 5 heteroatoms. The maximum absolute atomic E-state index is 11.7. The molecule has 100 valence electrons. The van der Waals surface area contributed by atoms with Gasteiger partial charge in [0, 0.05) is 11.6 Å². The lowest BCUT2D eigenvalue weighted by Gasteiger charge is -2.16. The third kappa shape index (κ3) is 4.94. The lowest BCUT2D eigenvalue weighted by molar-refractivity contribution is -0.127. The van der Waals surface area contributed by atoms with Gasteiger partial charge in [-0.1, -0.05) is 24.6 Å². The molecule has 2 unspecified atom stereocenters. The smallest absolute Gasteiger partial charge is 0.260 e. The Morgan fingerprint density at radius 1 is 1.50 bits per heavy atom. The van der Waals surface area contributed by atoms with E-state index in [0.717, 1.165) is 0 Å². The first-order valence-corrected chi connectivity index (χ1v) is 6.30. The van der Waals surface area contributed by atoms with Crippen molar-refractivity contribution in [3.05, 3.63) is 29.3 Å². The standard InChI is InChI=1S/C13H19ClN2O2/c1-9(7-15)8-16-13(17)10(2)18-12-5-3-4-11(14)6-12/h3-6,9-10H,7-8,15H2,1-2H3,(H,16,17). The summed E-state index contributed by atoms with van der Waals surface area (Å²) in [4.78, 5) is 11.7. The van der Waals surface area contributed by atoms with Crippen molar-refractivity contribution in [3.8, 4) is 5.75 Å². The number of nitrogens with two attached hydrogens (primary N) is 1. The quantitative estimate of drug-likeness (QED) is 0.829. The lowest BCUT2D eigenvalue weighted by atomic mass is 10.2. The van der Waals surface area contributed by atoms with Gasteiger partial charge in [0.05, 0.1) is 0 Å². The normalized spacial score (nSPS) is 13.8. The number of hydrogen-bond acceptors (Lipinski definition) is 3. The van der Waals surface area contributed by atoms with Crippen LogP contribution in [-0.4, -0.2) is 25.1 Å². The number of ether oxygens (including phenoxy) is 1. The van der Waals surface area contributed by atoms with E-state index < -0.39 is 6.10 Å². The van der Waals surface area contributed by atoms with E-state index in [4.69, 9.17) is 22.1 Å². The zero-order chi connectivity index (χ0) is 13.5. The Bertz CT molecular complexity index is 398. The Balaban J connectivity index is 2.45. The highest BCUT2D eigenvalue weighted by atomic mass is 35.5. The molecule has 18 heavy (non-hydrogen) atoms. The molecular weight excluding hydrogens is 252 g/mol. The second-order valence-corrected chi connectivity index (χ2v) is 4.74. The van der Waals surface area contributed by atoms with Crippen molar-refractivity contribution in [2.45, 2.75) is 20.0 Å². The molecule has 3 N–H and O–H groups in total. The third-order valence-electron chi connectivity index (χ3n) is 2.51. The van der Waals surface area contributed by atoms with Gasteiger partial charge in [-0.3, -0.25) is 4.79 Å². The first-order chi connectivity index (χ1) is 8.52. The van der Waals surface area contributed by atoms with E-state index in [1.54, 1.807) is 31.2 Å². The average molecular weight is 271 g/mol. The van der Waals surface area contributed by atoms with Crippen molar-refractivity contribution in [1.82, 2.24) is 5.32 Å². The fourth-order valence-corrected chi connectivity index (χ4v) is 1.48. The number of halogens is 1. The second-order valence-electron chi connectivity index (χ2n) is 4.30. The largest absolute Gasteiger partial charge is 0.481 e. The SMILES string of the molecule is CC(CN)CNC(=O)C(C)Oc1cccc(Cl)c1. The van der Waals surface area contributed by atoms with E-state index in [9.17, 15) is 4.79 Å². The Morgan fingerprint density at radius 2 is 2.22 bits per heavy atom. The molecule has 1 rings (SSSR count). The molecule has 0 radical (unpaired) electrons. The first kappa shape index (κ1) is 14.8. The molecule has 0 bridgehead atoms. The highest BCUT2D eigenvalue weighted by Gasteiger charge is 2.15. The monoisotopic (exact) mass is 270 g/mol. The average Bonchev–Trinajstić information content (AvgIpc) is 2.35. The molecule has 0 aromatic heterocycles. The minimum atomic E-state index is -0.562. The van der Waals surface area contributed by atoms with Gasteiger partial charge < -0.3 is 15.8 Å². The van der Waals surface area contributed by atoms with Crippen LogP contribution in [0.2, 0.25) is 5.02 Å². The number of carbonyl (C=O) groups excluding carboxylic acids is 1. The van der Waals surface area contributed by atoms with E-state index in [-0.39, 0.29) is 11.8 Å². The summed E-state index contributed by atoms with van der Waals surface area (Å²) in [5.41, 5.74) is 5.48. The maximum atomic E-state index is 11.7. The predicted molar refractivity (Wildman–Crippen MR) is 72.8 cm³/mol. The third-order valence-corrected chi connectivity index (χ3v) is 2.74. The number of rotatable bonds is 6. The zero-order valence-electron chi connectivity index (χ0n) is 10.7. The van der Waals surface area contributed by atoms with Crippen molar-refractivity contribution in [2.24, 2.45) is 11.7 Å². The van der Waals surface area contributed by atoms with Crippen molar-refractivity contribution >= 4 is 17.5 Å². The molecule has 1 aromatic carbocycles. The Labute approximate surface area is 112 Å². The number of hydrogen-bond donors (Lipinski definition) is 2. The van der Waals surface area contributed by atoms with Gasteiger partial charge in [0.2, 0.25) is 0 Å². The fraction of sp³-hybridized carbons (Fsp3) is 0.462. The number of nitrogens with one attached hydrogen (secondary N) is 1. The molecule has 1 amide bonds. The van der Waals surface area contributed by atoms with Gasteiger partial charge in [0.1, 0.15) is 5.75 Å². The van der Waals surface area contributed by atoms with Crippen LogP contribution in [0.3, 0.4) is 0 Å². The number of amides is 1. The van der Waals surface area contributed by atoms with Crippen LogP contribution in [0.4, 0.5) is 0 Å². The molecule has 0 spiro atoms. The molecule has 4 nitrogen and oxygen atoms in total. The fourth-order valence-electron chi connectivity index (χ4n) is 1.30. The van der Waals surface area contributed by atoms with Gasteiger partial charge in [-0.25, -0.2) is 0 Å². The van der Waals surface area contributed by atoms with Gasteiger partial charge in [-0.15, -0.1) is 0 Å². The number of carbonyl (C=O) groups is 1. The van der Waals surface area contributed by atoms with Crippen LogP contribution in [0.15, 0.2) is 24.3 Å².